The molecular formula is C16H20N2O4S. The monoisotopic (exact) mass is 336 g/mol. The average molecular weight is 336 g/mol. The lowest BCUT2D eigenvalue weighted by Crippen LogP contribution is -2.27. The zero-order valence-electron chi connectivity index (χ0n) is 13.2. The van der Waals surface area contributed by atoms with Gasteiger partial charge in [0.25, 0.3) is 0 Å². The van der Waals surface area contributed by atoms with Crippen LogP contribution in [0.5, 0.6) is 0 Å². The molecule has 2 aromatic rings. The van der Waals surface area contributed by atoms with Crippen LogP contribution < -0.4 is 0 Å². The zero-order chi connectivity index (χ0) is 16.6. The molecule has 0 saturated carbocycles. The highest BCUT2D eigenvalue weighted by Crippen LogP contribution is 2.27. The first-order chi connectivity index (χ1) is 10.9. The van der Waals surface area contributed by atoms with Crippen molar-refractivity contribution in [2.75, 3.05) is 20.2 Å². The third-order valence-electron chi connectivity index (χ3n) is 4.35. The van der Waals surface area contributed by atoms with Gasteiger partial charge in [0, 0.05) is 30.2 Å². The van der Waals surface area contributed by atoms with E-state index in [-0.39, 0.29) is 5.97 Å². The molecule has 1 aliphatic heterocycles. The maximum Gasteiger partial charge on any atom is 0.328 e. The molecule has 1 aliphatic rings. The van der Waals surface area contributed by atoms with E-state index in [2.05, 4.69) is 0 Å². The van der Waals surface area contributed by atoms with Gasteiger partial charge < -0.3 is 9.30 Å². The molecule has 0 N–H and O–H groups in total. The molecule has 0 spiro atoms. The van der Waals surface area contributed by atoms with E-state index < -0.39 is 16.1 Å². The van der Waals surface area contributed by atoms with Crippen LogP contribution in [0.3, 0.4) is 0 Å². The Labute approximate surface area is 135 Å². The molecule has 0 amide bonds. The number of carbonyl (C=O) groups is 1. The Morgan fingerprint density at radius 2 is 1.91 bits per heavy atom. The van der Waals surface area contributed by atoms with Gasteiger partial charge in [0.15, 0.2) is 0 Å². The van der Waals surface area contributed by atoms with Crippen molar-refractivity contribution in [3.05, 3.63) is 30.5 Å². The van der Waals surface area contributed by atoms with Gasteiger partial charge in [0.05, 0.1) is 12.0 Å². The Kier molecular flexibility index (Phi) is 4.16. The average Bonchev–Trinajstić information content (AvgIpc) is 3.22. The lowest BCUT2D eigenvalue weighted by atomic mass is 10.2. The molecule has 0 bridgehead atoms. The van der Waals surface area contributed by atoms with E-state index in [0.717, 1.165) is 23.7 Å². The zero-order valence-corrected chi connectivity index (χ0v) is 14.0. The molecule has 1 aromatic heterocycles. The summed E-state index contributed by atoms with van der Waals surface area (Å²) in [6.07, 6.45) is 3.60. The second-order valence-corrected chi connectivity index (χ2v) is 7.69. The Bertz CT molecular complexity index is 835. The van der Waals surface area contributed by atoms with E-state index in [1.165, 1.54) is 11.4 Å². The van der Waals surface area contributed by atoms with Crippen LogP contribution in [0.4, 0.5) is 0 Å². The standard InChI is InChI=1S/C16H20N2O4S/c1-12(16(19)22-2)18-10-7-13-11-14(5-6-15(13)18)23(20,21)17-8-3-4-9-17/h5-7,10-12H,3-4,8-9H2,1-2H3. The van der Waals surface area contributed by atoms with Crippen LogP contribution in [-0.4, -0.2) is 43.5 Å². The highest BCUT2D eigenvalue weighted by molar-refractivity contribution is 7.89. The van der Waals surface area contributed by atoms with E-state index in [9.17, 15) is 13.2 Å². The quantitative estimate of drug-likeness (QED) is 0.803. The minimum absolute atomic E-state index is 0.301. The molecule has 1 saturated heterocycles. The fraction of sp³-hybridized carbons (Fsp3) is 0.438. The smallest absolute Gasteiger partial charge is 0.328 e. The Hall–Kier alpha value is -1.86. The number of ether oxygens (including phenoxy) is 1. The number of aromatic nitrogens is 1. The number of rotatable bonds is 4. The summed E-state index contributed by atoms with van der Waals surface area (Å²) < 4.78 is 33.3. The molecule has 7 heteroatoms. The lowest BCUT2D eigenvalue weighted by Gasteiger charge is -2.16. The summed E-state index contributed by atoms with van der Waals surface area (Å²) in [4.78, 5) is 12.0. The van der Waals surface area contributed by atoms with E-state index in [1.54, 1.807) is 35.9 Å². The minimum atomic E-state index is -3.43. The number of carbonyl (C=O) groups excluding carboxylic acids is 1. The van der Waals surface area contributed by atoms with Crippen molar-refractivity contribution in [2.24, 2.45) is 0 Å². The Morgan fingerprint density at radius 1 is 1.22 bits per heavy atom. The van der Waals surface area contributed by atoms with Crippen LogP contribution >= 0.6 is 0 Å². The molecule has 1 atom stereocenters. The number of esters is 1. The fourth-order valence-corrected chi connectivity index (χ4v) is 4.55. The summed E-state index contributed by atoms with van der Waals surface area (Å²) in [5, 5.41) is 0.793. The largest absolute Gasteiger partial charge is 0.467 e. The highest BCUT2D eigenvalue weighted by Gasteiger charge is 2.27. The van der Waals surface area contributed by atoms with E-state index in [4.69, 9.17) is 4.74 Å². The van der Waals surface area contributed by atoms with Crippen LogP contribution in [-0.2, 0) is 19.6 Å². The molecule has 1 unspecified atom stereocenters. The van der Waals surface area contributed by atoms with Gasteiger partial charge in [-0.3, -0.25) is 0 Å². The van der Waals surface area contributed by atoms with Gasteiger partial charge in [0.1, 0.15) is 6.04 Å². The van der Waals surface area contributed by atoms with Crippen molar-refractivity contribution < 1.29 is 17.9 Å². The maximum atomic E-state index is 12.6. The second-order valence-electron chi connectivity index (χ2n) is 5.75. The summed E-state index contributed by atoms with van der Waals surface area (Å²) in [7, 11) is -2.08. The predicted octanol–water partition coefficient (Wildman–Crippen LogP) is 2.16. The van der Waals surface area contributed by atoms with Gasteiger partial charge in [-0.25, -0.2) is 13.2 Å². The van der Waals surface area contributed by atoms with E-state index in [1.807, 2.05) is 6.07 Å². The SMILES string of the molecule is COC(=O)C(C)n1ccc2cc(S(=O)(=O)N3CCCC3)ccc21. The van der Waals surface area contributed by atoms with Gasteiger partial charge in [-0.1, -0.05) is 0 Å². The van der Waals surface area contributed by atoms with E-state index >= 15 is 0 Å². The summed E-state index contributed by atoms with van der Waals surface area (Å²) in [6, 6.07) is 6.38. The van der Waals surface area contributed by atoms with Crippen LogP contribution in [0.25, 0.3) is 10.9 Å². The number of hydrogen-bond donors (Lipinski definition) is 0. The molecule has 23 heavy (non-hydrogen) atoms. The summed E-state index contributed by atoms with van der Waals surface area (Å²) >= 11 is 0. The first-order valence-electron chi connectivity index (χ1n) is 7.64. The molecule has 6 nitrogen and oxygen atoms in total. The van der Waals surface area contributed by atoms with Crippen LogP contribution in [0.1, 0.15) is 25.8 Å². The van der Waals surface area contributed by atoms with Crippen molar-refractivity contribution >= 4 is 26.9 Å². The molecule has 1 aromatic carbocycles. The Balaban J connectivity index is 2.00. The van der Waals surface area contributed by atoms with Crippen LogP contribution in [0.2, 0.25) is 0 Å². The minimum Gasteiger partial charge on any atom is -0.467 e. The van der Waals surface area contributed by atoms with Crippen molar-refractivity contribution in [1.82, 2.24) is 8.87 Å². The summed E-state index contributed by atoms with van der Waals surface area (Å²) in [6.45, 7) is 2.92. The number of fused-ring (bicyclic) bond motifs is 1. The molecule has 2 heterocycles. The van der Waals surface area contributed by atoms with Crippen molar-refractivity contribution in [3.8, 4) is 0 Å². The van der Waals surface area contributed by atoms with Gasteiger partial charge in [-0.15, -0.1) is 0 Å². The molecule has 1 fully saturated rings. The van der Waals surface area contributed by atoms with Crippen LogP contribution in [0.15, 0.2) is 35.4 Å². The first-order valence-corrected chi connectivity index (χ1v) is 9.08. The number of hydrogen-bond acceptors (Lipinski definition) is 4. The van der Waals surface area contributed by atoms with Crippen molar-refractivity contribution in [3.63, 3.8) is 0 Å². The number of methoxy groups -OCH3 is 1. The third-order valence-corrected chi connectivity index (χ3v) is 6.25. The lowest BCUT2D eigenvalue weighted by molar-refractivity contribution is -0.143. The topological polar surface area (TPSA) is 68.6 Å². The summed E-state index contributed by atoms with van der Waals surface area (Å²) in [5.74, 6) is -0.337. The van der Waals surface area contributed by atoms with Crippen molar-refractivity contribution in [1.29, 1.82) is 0 Å². The number of sulfonamides is 1. The summed E-state index contributed by atoms with van der Waals surface area (Å²) in [5.41, 5.74) is 0.809. The highest BCUT2D eigenvalue weighted by atomic mass is 32.2. The normalized spacial score (nSPS) is 17.5. The first kappa shape index (κ1) is 16.0. The second kappa shape index (κ2) is 5.98. The van der Waals surface area contributed by atoms with E-state index in [0.29, 0.717) is 18.0 Å². The molecule has 0 radical (unpaired) electrons. The Morgan fingerprint density at radius 3 is 2.57 bits per heavy atom. The molecule has 124 valence electrons. The molecular weight excluding hydrogens is 316 g/mol. The molecule has 3 rings (SSSR count). The third kappa shape index (κ3) is 2.74. The maximum absolute atomic E-state index is 12.6. The van der Waals surface area contributed by atoms with Gasteiger partial charge >= 0.3 is 5.97 Å². The predicted molar refractivity (Wildman–Crippen MR) is 86.7 cm³/mol. The van der Waals surface area contributed by atoms with Gasteiger partial charge in [-0.2, -0.15) is 4.31 Å². The van der Waals surface area contributed by atoms with Gasteiger partial charge in [-0.05, 0) is 44.0 Å². The number of benzene rings is 1. The van der Waals surface area contributed by atoms with Crippen molar-refractivity contribution in [2.45, 2.75) is 30.7 Å². The fourth-order valence-electron chi connectivity index (χ4n) is 3.00. The van der Waals surface area contributed by atoms with Gasteiger partial charge in [0.2, 0.25) is 10.0 Å². The molecule has 0 aliphatic carbocycles. The van der Waals surface area contributed by atoms with Crippen LogP contribution in [0, 0.1) is 0 Å². The number of nitrogens with zero attached hydrogens (tertiary/aromatic N) is 2.